The molecule has 0 aliphatic carbocycles. The number of hydrogen-bond donors (Lipinski definition) is 2. The van der Waals surface area contributed by atoms with E-state index in [-0.39, 0.29) is 18.1 Å². The van der Waals surface area contributed by atoms with Crippen molar-refractivity contribution in [3.63, 3.8) is 0 Å². The average molecular weight is 285 g/mol. The van der Waals surface area contributed by atoms with Crippen molar-refractivity contribution in [3.05, 3.63) is 70.3 Å². The fourth-order valence-electron chi connectivity index (χ4n) is 1.82. The molecule has 0 heterocycles. The summed E-state index contributed by atoms with van der Waals surface area (Å²) < 4.78 is 0. The summed E-state index contributed by atoms with van der Waals surface area (Å²) in [4.78, 5) is 21.9. The van der Waals surface area contributed by atoms with E-state index in [9.17, 15) is 14.9 Å². The number of anilines is 1. The van der Waals surface area contributed by atoms with Gasteiger partial charge in [-0.3, -0.25) is 14.9 Å². The van der Waals surface area contributed by atoms with Crippen LogP contribution in [0, 0.1) is 10.1 Å². The summed E-state index contributed by atoms with van der Waals surface area (Å²) in [6, 6.07) is 15.6. The first-order valence-corrected chi connectivity index (χ1v) is 6.44. The minimum atomic E-state index is -0.497. The number of hydrogen-bond acceptors (Lipinski definition) is 4. The van der Waals surface area contributed by atoms with Crippen LogP contribution < -0.4 is 10.6 Å². The minimum Gasteiger partial charge on any atom is -0.325 e. The molecule has 0 aliphatic rings. The van der Waals surface area contributed by atoms with Crippen molar-refractivity contribution >= 4 is 17.3 Å². The smallest absolute Gasteiger partial charge is 0.271 e. The Kier molecular flexibility index (Phi) is 5.00. The summed E-state index contributed by atoms with van der Waals surface area (Å²) >= 11 is 0. The molecule has 1 amide bonds. The monoisotopic (exact) mass is 285 g/mol. The Morgan fingerprint density at radius 1 is 1.10 bits per heavy atom. The average Bonchev–Trinajstić information content (AvgIpc) is 2.48. The molecule has 2 aromatic rings. The first-order valence-electron chi connectivity index (χ1n) is 6.44. The van der Waals surface area contributed by atoms with Gasteiger partial charge in [0, 0.05) is 24.4 Å². The molecule has 0 radical (unpaired) electrons. The zero-order chi connectivity index (χ0) is 15.1. The Bertz CT molecular complexity index is 629. The van der Waals surface area contributed by atoms with Crippen LogP contribution in [-0.2, 0) is 11.3 Å². The number of carbonyl (C=O) groups excluding carboxylic acids is 1. The fraction of sp³-hybridized carbons (Fsp3) is 0.133. The van der Waals surface area contributed by atoms with Crippen molar-refractivity contribution in [2.45, 2.75) is 6.54 Å². The lowest BCUT2D eigenvalue weighted by Crippen LogP contribution is -2.27. The summed E-state index contributed by atoms with van der Waals surface area (Å²) in [5, 5.41) is 16.3. The van der Waals surface area contributed by atoms with Gasteiger partial charge in [0.15, 0.2) is 0 Å². The van der Waals surface area contributed by atoms with Gasteiger partial charge >= 0.3 is 0 Å². The van der Waals surface area contributed by atoms with Crippen LogP contribution in [-0.4, -0.2) is 17.4 Å². The maximum Gasteiger partial charge on any atom is 0.271 e. The predicted octanol–water partition coefficient (Wildman–Crippen LogP) is 2.32. The standard InChI is InChI=1S/C15H15N3O3/c19-15(11-16-10-12-5-2-1-3-6-12)17-13-7-4-8-14(9-13)18(20)21/h1-9,16H,10-11H2,(H,17,19). The van der Waals surface area contributed by atoms with E-state index in [1.165, 1.54) is 18.2 Å². The molecule has 108 valence electrons. The lowest BCUT2D eigenvalue weighted by atomic mass is 10.2. The summed E-state index contributed by atoms with van der Waals surface area (Å²) in [5.41, 5.74) is 1.45. The number of nitro benzene ring substituents is 1. The highest BCUT2D eigenvalue weighted by molar-refractivity contribution is 5.92. The molecule has 6 heteroatoms. The molecular weight excluding hydrogens is 270 g/mol. The first kappa shape index (κ1) is 14.7. The quantitative estimate of drug-likeness (QED) is 0.630. The molecule has 0 fully saturated rings. The number of nitro groups is 1. The molecule has 0 unspecified atom stereocenters. The van der Waals surface area contributed by atoms with Gasteiger partial charge in [0.25, 0.3) is 5.69 Å². The summed E-state index contributed by atoms with van der Waals surface area (Å²) in [6.45, 7) is 0.723. The van der Waals surface area contributed by atoms with E-state index in [4.69, 9.17) is 0 Å². The fourth-order valence-corrected chi connectivity index (χ4v) is 1.82. The molecule has 2 N–H and O–H groups in total. The van der Waals surface area contributed by atoms with Crippen molar-refractivity contribution in [2.75, 3.05) is 11.9 Å². The van der Waals surface area contributed by atoms with Crippen molar-refractivity contribution < 1.29 is 9.72 Å². The summed E-state index contributed by atoms with van der Waals surface area (Å²) in [7, 11) is 0. The number of nitrogens with zero attached hydrogens (tertiary/aromatic N) is 1. The van der Waals surface area contributed by atoms with Crippen LogP contribution in [0.1, 0.15) is 5.56 Å². The third kappa shape index (κ3) is 4.70. The normalized spacial score (nSPS) is 10.1. The lowest BCUT2D eigenvalue weighted by molar-refractivity contribution is -0.384. The highest BCUT2D eigenvalue weighted by Gasteiger charge is 2.07. The molecule has 6 nitrogen and oxygen atoms in total. The molecule has 2 rings (SSSR count). The maximum atomic E-state index is 11.7. The Morgan fingerprint density at radius 3 is 2.57 bits per heavy atom. The molecule has 0 saturated heterocycles. The predicted molar refractivity (Wildman–Crippen MR) is 79.9 cm³/mol. The van der Waals surface area contributed by atoms with Crippen LogP contribution in [0.25, 0.3) is 0 Å². The number of non-ortho nitro benzene ring substituents is 1. The van der Waals surface area contributed by atoms with E-state index in [1.54, 1.807) is 6.07 Å². The largest absolute Gasteiger partial charge is 0.325 e. The number of rotatable bonds is 6. The number of nitrogens with one attached hydrogen (secondary N) is 2. The van der Waals surface area contributed by atoms with Crippen LogP contribution >= 0.6 is 0 Å². The maximum absolute atomic E-state index is 11.7. The zero-order valence-electron chi connectivity index (χ0n) is 11.3. The minimum absolute atomic E-state index is 0.0509. The first-order chi connectivity index (χ1) is 10.1. The highest BCUT2D eigenvalue weighted by atomic mass is 16.6. The Balaban J connectivity index is 1.82. The number of carbonyl (C=O) groups is 1. The lowest BCUT2D eigenvalue weighted by Gasteiger charge is -2.06. The molecule has 0 bridgehead atoms. The van der Waals surface area contributed by atoms with Crippen LogP contribution in [0.15, 0.2) is 54.6 Å². The van der Waals surface area contributed by atoms with Gasteiger partial charge in [0.2, 0.25) is 5.91 Å². The number of amides is 1. The van der Waals surface area contributed by atoms with E-state index >= 15 is 0 Å². The second-order valence-electron chi connectivity index (χ2n) is 4.44. The summed E-state index contributed by atoms with van der Waals surface area (Å²) in [5.74, 6) is -0.244. The Hall–Kier alpha value is -2.73. The van der Waals surface area contributed by atoms with Crippen LogP contribution in [0.5, 0.6) is 0 Å². The van der Waals surface area contributed by atoms with Crippen LogP contribution in [0.4, 0.5) is 11.4 Å². The second kappa shape index (κ2) is 7.16. The Morgan fingerprint density at radius 2 is 1.86 bits per heavy atom. The van der Waals surface area contributed by atoms with Gasteiger partial charge in [-0.15, -0.1) is 0 Å². The number of benzene rings is 2. The van der Waals surface area contributed by atoms with Crippen molar-refractivity contribution in [1.82, 2.24) is 5.32 Å². The van der Waals surface area contributed by atoms with Crippen LogP contribution in [0.3, 0.4) is 0 Å². The van der Waals surface area contributed by atoms with Crippen molar-refractivity contribution in [2.24, 2.45) is 0 Å². The van der Waals surface area contributed by atoms with E-state index in [0.717, 1.165) is 5.56 Å². The molecule has 0 aliphatic heterocycles. The zero-order valence-corrected chi connectivity index (χ0v) is 11.3. The van der Waals surface area contributed by atoms with E-state index in [1.807, 2.05) is 30.3 Å². The third-order valence-electron chi connectivity index (χ3n) is 2.80. The Labute approximate surface area is 121 Å². The SMILES string of the molecule is O=C(CNCc1ccccc1)Nc1cccc([N+](=O)[O-])c1. The summed E-state index contributed by atoms with van der Waals surface area (Å²) in [6.07, 6.45) is 0. The second-order valence-corrected chi connectivity index (χ2v) is 4.44. The third-order valence-corrected chi connectivity index (χ3v) is 2.80. The highest BCUT2D eigenvalue weighted by Crippen LogP contribution is 2.16. The van der Waals surface area contributed by atoms with Gasteiger partial charge in [-0.2, -0.15) is 0 Å². The molecule has 2 aromatic carbocycles. The van der Waals surface area contributed by atoms with Gasteiger partial charge < -0.3 is 10.6 Å². The van der Waals surface area contributed by atoms with Gasteiger partial charge in [-0.05, 0) is 11.6 Å². The van der Waals surface area contributed by atoms with Gasteiger partial charge in [-0.25, -0.2) is 0 Å². The molecule has 0 spiro atoms. The van der Waals surface area contributed by atoms with Gasteiger partial charge in [-0.1, -0.05) is 36.4 Å². The van der Waals surface area contributed by atoms with Crippen molar-refractivity contribution in [1.29, 1.82) is 0 Å². The van der Waals surface area contributed by atoms with Gasteiger partial charge in [0.05, 0.1) is 11.5 Å². The van der Waals surface area contributed by atoms with Crippen LogP contribution in [0.2, 0.25) is 0 Å². The van der Waals surface area contributed by atoms with E-state index in [0.29, 0.717) is 12.2 Å². The molecule has 0 aromatic heterocycles. The topological polar surface area (TPSA) is 84.3 Å². The van der Waals surface area contributed by atoms with Crippen molar-refractivity contribution in [3.8, 4) is 0 Å². The van der Waals surface area contributed by atoms with E-state index < -0.39 is 4.92 Å². The molecular formula is C15H15N3O3. The molecule has 0 atom stereocenters. The molecule has 0 saturated carbocycles. The van der Waals surface area contributed by atoms with Gasteiger partial charge in [0.1, 0.15) is 0 Å². The molecule has 21 heavy (non-hydrogen) atoms. The van der Waals surface area contributed by atoms with E-state index in [2.05, 4.69) is 10.6 Å².